The molecule has 2 heterocycles. The summed E-state index contributed by atoms with van der Waals surface area (Å²) in [6.07, 6.45) is -2.25. The van der Waals surface area contributed by atoms with Crippen LogP contribution in [0.1, 0.15) is 33.6 Å². The van der Waals surface area contributed by atoms with Gasteiger partial charge in [-0.3, -0.25) is 0 Å². The third-order valence-electron chi connectivity index (χ3n) is 3.29. The molecule has 0 aromatic rings. The number of ether oxygens (including phenoxy) is 2. The minimum absolute atomic E-state index is 0.0243. The molecule has 100 valence electrons. The van der Waals surface area contributed by atoms with Crippen molar-refractivity contribution in [3.05, 3.63) is 12.2 Å². The third kappa shape index (κ3) is 3.45. The molecular weight excluding hydrogens is 233 g/mol. The number of hydrogen-bond acceptors (Lipinski definition) is 2. The van der Waals surface area contributed by atoms with Crippen molar-refractivity contribution in [2.24, 2.45) is 0 Å². The zero-order valence-electron chi connectivity index (χ0n) is 10.4. The lowest BCUT2D eigenvalue weighted by molar-refractivity contribution is -0.0931. The Morgan fingerprint density at radius 2 is 1.88 bits per heavy atom. The first kappa shape index (κ1) is 14.5. The van der Waals surface area contributed by atoms with E-state index in [1.54, 1.807) is 0 Å². The molecule has 2 aliphatic rings. The number of halogens is 3. The van der Waals surface area contributed by atoms with Gasteiger partial charge in [0.1, 0.15) is 11.7 Å². The van der Waals surface area contributed by atoms with E-state index in [2.05, 4.69) is 20.4 Å². The molecule has 2 aliphatic heterocycles. The molecule has 2 nitrogen and oxygen atoms in total. The van der Waals surface area contributed by atoms with Crippen LogP contribution in [0.5, 0.6) is 0 Å². The molecule has 5 heteroatoms. The molecular formula is C12H19F3O2. The number of epoxide rings is 2. The highest BCUT2D eigenvalue weighted by Gasteiger charge is 2.62. The summed E-state index contributed by atoms with van der Waals surface area (Å²) in [4.78, 5) is 0. The third-order valence-corrected chi connectivity index (χ3v) is 3.29. The Bertz CT molecular complexity index is 280. The predicted molar refractivity (Wildman–Crippen MR) is 58.8 cm³/mol. The first-order valence-corrected chi connectivity index (χ1v) is 5.82. The van der Waals surface area contributed by atoms with Gasteiger partial charge in [0.15, 0.2) is 0 Å². The van der Waals surface area contributed by atoms with E-state index in [0.29, 0.717) is 12.2 Å². The summed E-state index contributed by atoms with van der Waals surface area (Å²) in [6.45, 7) is 9.43. The molecule has 0 saturated carbocycles. The lowest BCUT2D eigenvalue weighted by Crippen LogP contribution is -2.20. The average Bonchev–Trinajstić information content (AvgIpc) is 3.11. The van der Waals surface area contributed by atoms with Gasteiger partial charge < -0.3 is 9.47 Å². The number of rotatable bonds is 3. The van der Waals surface area contributed by atoms with E-state index in [1.165, 1.54) is 6.92 Å². The van der Waals surface area contributed by atoms with Crippen molar-refractivity contribution in [3.8, 4) is 0 Å². The van der Waals surface area contributed by atoms with Crippen molar-refractivity contribution in [3.63, 3.8) is 0 Å². The molecule has 0 N–H and O–H groups in total. The van der Waals surface area contributed by atoms with Crippen molar-refractivity contribution in [2.45, 2.75) is 57.6 Å². The number of allylic oxidation sites excluding steroid dienone is 1. The molecule has 0 spiro atoms. The Labute approximate surface area is 99.8 Å². The Morgan fingerprint density at radius 1 is 1.41 bits per heavy atom. The summed E-state index contributed by atoms with van der Waals surface area (Å²) in [5.41, 5.74) is -0.530. The van der Waals surface area contributed by atoms with Crippen LogP contribution >= 0.6 is 0 Å². The fraction of sp³-hybridized carbons (Fsp3) is 0.833. The van der Waals surface area contributed by atoms with Gasteiger partial charge in [-0.1, -0.05) is 20.4 Å². The van der Waals surface area contributed by atoms with Gasteiger partial charge in [-0.05, 0) is 19.8 Å². The van der Waals surface area contributed by atoms with Crippen LogP contribution in [-0.4, -0.2) is 30.6 Å². The quantitative estimate of drug-likeness (QED) is 0.567. The van der Waals surface area contributed by atoms with Crippen molar-refractivity contribution >= 4 is 0 Å². The fourth-order valence-electron chi connectivity index (χ4n) is 1.76. The standard InChI is InChI=1S/C7H12O2.C5H7F3/c1-3-7(5(2)9-7)6-4-8-6;1-3-4(2)5(6,7)8/h5-6H,3-4H2,1-2H3;2-3H2,1H3. The first-order valence-electron chi connectivity index (χ1n) is 5.82. The molecule has 0 aliphatic carbocycles. The van der Waals surface area contributed by atoms with E-state index in [1.807, 2.05) is 0 Å². The molecule has 0 bridgehead atoms. The van der Waals surface area contributed by atoms with Gasteiger partial charge in [0.2, 0.25) is 0 Å². The van der Waals surface area contributed by atoms with Gasteiger partial charge in [0, 0.05) is 5.57 Å². The molecule has 2 rings (SSSR count). The number of hydrogen-bond donors (Lipinski definition) is 0. The van der Waals surface area contributed by atoms with Crippen molar-refractivity contribution < 1.29 is 22.6 Å². The second kappa shape index (κ2) is 4.98. The van der Waals surface area contributed by atoms with Crippen LogP contribution in [-0.2, 0) is 9.47 Å². The molecule has 3 atom stereocenters. The number of alkyl halides is 3. The van der Waals surface area contributed by atoms with Crippen LogP contribution in [0.3, 0.4) is 0 Å². The van der Waals surface area contributed by atoms with Crippen LogP contribution in [0.2, 0.25) is 0 Å². The SMILES string of the molecule is C=C(CC)C(F)(F)F.CCC1(C2CO2)OC1C. The Morgan fingerprint density at radius 3 is 1.94 bits per heavy atom. The lowest BCUT2D eigenvalue weighted by Gasteiger charge is -2.05. The molecule has 0 amide bonds. The summed E-state index contributed by atoms with van der Waals surface area (Å²) < 4.78 is 44.7. The normalized spacial score (nSPS) is 34.7. The smallest absolute Gasteiger partial charge is 0.370 e. The van der Waals surface area contributed by atoms with Crippen LogP contribution in [0.4, 0.5) is 13.2 Å². The molecule has 3 unspecified atom stereocenters. The van der Waals surface area contributed by atoms with Gasteiger partial charge >= 0.3 is 6.18 Å². The van der Waals surface area contributed by atoms with Crippen LogP contribution < -0.4 is 0 Å². The summed E-state index contributed by atoms with van der Waals surface area (Å²) in [5, 5.41) is 0. The summed E-state index contributed by atoms with van der Waals surface area (Å²) in [5.74, 6) is 0. The van der Waals surface area contributed by atoms with E-state index in [9.17, 15) is 13.2 Å². The second-order valence-electron chi connectivity index (χ2n) is 4.35. The van der Waals surface area contributed by atoms with Crippen LogP contribution in [0.15, 0.2) is 12.2 Å². The van der Waals surface area contributed by atoms with Gasteiger partial charge in [0.05, 0.1) is 12.7 Å². The molecule has 2 fully saturated rings. The fourth-order valence-corrected chi connectivity index (χ4v) is 1.76. The monoisotopic (exact) mass is 252 g/mol. The maximum Gasteiger partial charge on any atom is 0.412 e. The highest BCUT2D eigenvalue weighted by atomic mass is 19.4. The maximum atomic E-state index is 11.3. The molecule has 17 heavy (non-hydrogen) atoms. The van der Waals surface area contributed by atoms with Gasteiger partial charge in [0.25, 0.3) is 0 Å². The zero-order chi connectivity index (χ0) is 13.3. The van der Waals surface area contributed by atoms with Gasteiger partial charge in [-0.15, -0.1) is 0 Å². The van der Waals surface area contributed by atoms with Gasteiger partial charge in [-0.2, -0.15) is 13.2 Å². The average molecular weight is 252 g/mol. The van der Waals surface area contributed by atoms with E-state index in [-0.39, 0.29) is 12.0 Å². The Kier molecular flexibility index (Phi) is 4.25. The Balaban J connectivity index is 0.000000172. The maximum absolute atomic E-state index is 11.3. The molecule has 0 aromatic carbocycles. The Hall–Kier alpha value is -0.550. The minimum atomic E-state index is -4.19. The molecule has 0 radical (unpaired) electrons. The summed E-state index contributed by atoms with van der Waals surface area (Å²) in [6, 6.07) is 0. The van der Waals surface area contributed by atoms with Crippen molar-refractivity contribution in [1.29, 1.82) is 0 Å². The van der Waals surface area contributed by atoms with Crippen molar-refractivity contribution in [1.82, 2.24) is 0 Å². The second-order valence-corrected chi connectivity index (χ2v) is 4.35. The predicted octanol–water partition coefficient (Wildman–Crippen LogP) is 3.47. The van der Waals surface area contributed by atoms with E-state index >= 15 is 0 Å². The highest BCUT2D eigenvalue weighted by molar-refractivity contribution is 5.09. The molecule has 0 aromatic heterocycles. The lowest BCUT2D eigenvalue weighted by atomic mass is 10.00. The van der Waals surface area contributed by atoms with Crippen LogP contribution in [0.25, 0.3) is 0 Å². The topological polar surface area (TPSA) is 25.1 Å². The molecule has 2 saturated heterocycles. The van der Waals surface area contributed by atoms with E-state index in [4.69, 9.17) is 9.47 Å². The summed E-state index contributed by atoms with van der Waals surface area (Å²) >= 11 is 0. The van der Waals surface area contributed by atoms with E-state index in [0.717, 1.165) is 13.0 Å². The summed E-state index contributed by atoms with van der Waals surface area (Å²) in [7, 11) is 0. The van der Waals surface area contributed by atoms with Gasteiger partial charge in [-0.25, -0.2) is 0 Å². The zero-order valence-corrected chi connectivity index (χ0v) is 10.4. The first-order chi connectivity index (χ1) is 7.78. The van der Waals surface area contributed by atoms with E-state index < -0.39 is 11.7 Å². The highest BCUT2D eigenvalue weighted by Crippen LogP contribution is 2.47. The largest absolute Gasteiger partial charge is 0.412 e. The van der Waals surface area contributed by atoms with Crippen molar-refractivity contribution in [2.75, 3.05) is 6.61 Å². The van der Waals surface area contributed by atoms with Crippen LogP contribution in [0, 0.1) is 0 Å². The minimum Gasteiger partial charge on any atom is -0.370 e.